The van der Waals surface area contributed by atoms with Gasteiger partial charge in [0.25, 0.3) is 0 Å². The molecule has 1 aromatic heterocycles. The number of rotatable bonds is 5. The van der Waals surface area contributed by atoms with Gasteiger partial charge in [-0.15, -0.1) is 0 Å². The van der Waals surface area contributed by atoms with Crippen molar-refractivity contribution in [2.24, 2.45) is 12.0 Å². The van der Waals surface area contributed by atoms with Crippen molar-refractivity contribution < 1.29 is 18.0 Å². The Labute approximate surface area is 207 Å². The summed E-state index contributed by atoms with van der Waals surface area (Å²) in [6, 6.07) is 10.2. The van der Waals surface area contributed by atoms with E-state index in [1.165, 1.54) is 18.3 Å². The van der Waals surface area contributed by atoms with Crippen LogP contribution in [0.25, 0.3) is 10.8 Å². The van der Waals surface area contributed by atoms with Gasteiger partial charge in [-0.2, -0.15) is 4.99 Å². The first-order valence-corrected chi connectivity index (χ1v) is 14.0. The lowest BCUT2D eigenvalue weighted by atomic mass is 10.1. The quantitative estimate of drug-likeness (QED) is 0.471. The van der Waals surface area contributed by atoms with E-state index in [0.717, 1.165) is 35.0 Å². The van der Waals surface area contributed by atoms with E-state index in [-0.39, 0.29) is 33.4 Å². The van der Waals surface area contributed by atoms with Gasteiger partial charge in [-0.1, -0.05) is 23.7 Å². The summed E-state index contributed by atoms with van der Waals surface area (Å²) < 4.78 is 28.1. The first-order valence-electron chi connectivity index (χ1n) is 11.2. The molecule has 1 aliphatic heterocycles. The molecule has 180 valence electrons. The van der Waals surface area contributed by atoms with Crippen LogP contribution < -0.4 is 9.28 Å². The number of sulfone groups is 1. The van der Waals surface area contributed by atoms with Gasteiger partial charge in [0.2, 0.25) is 10.9 Å². The molecule has 1 fully saturated rings. The number of halogens is 1. The van der Waals surface area contributed by atoms with Crippen molar-refractivity contribution in [3.63, 3.8) is 0 Å². The lowest BCUT2D eigenvalue weighted by molar-refractivity contribution is -0.130. The Morgan fingerprint density at radius 3 is 2.47 bits per heavy atom. The number of fused-ring (bicyclic) bond motifs is 1. The number of thiazole rings is 1. The summed E-state index contributed by atoms with van der Waals surface area (Å²) in [5.74, 6) is -0.677. The van der Waals surface area contributed by atoms with Crippen molar-refractivity contribution >= 4 is 60.4 Å². The third-order valence-electron chi connectivity index (χ3n) is 6.25. The predicted molar refractivity (Wildman–Crippen MR) is 136 cm³/mol. The van der Waals surface area contributed by atoms with Crippen molar-refractivity contribution in [2.45, 2.75) is 37.5 Å². The Balaban J connectivity index is 1.60. The average Bonchev–Trinajstić information content (AvgIpc) is 3.17. The number of amides is 2. The van der Waals surface area contributed by atoms with Crippen LogP contribution in [0.5, 0.6) is 0 Å². The minimum Gasteiger partial charge on any atom is -0.321 e. The van der Waals surface area contributed by atoms with Gasteiger partial charge in [-0.3, -0.25) is 4.79 Å². The van der Waals surface area contributed by atoms with Crippen molar-refractivity contribution in [2.75, 3.05) is 18.8 Å². The number of quaternary nitrogens is 1. The zero-order valence-corrected chi connectivity index (χ0v) is 21.5. The summed E-state index contributed by atoms with van der Waals surface area (Å²) in [4.78, 5) is 29.8. The lowest BCUT2D eigenvalue weighted by Gasteiger charge is -2.36. The first kappa shape index (κ1) is 24.8. The van der Waals surface area contributed by atoms with Crippen LogP contribution in [0.2, 0.25) is 5.02 Å². The van der Waals surface area contributed by atoms with Crippen LogP contribution in [-0.4, -0.2) is 43.6 Å². The number of likely N-dealkylation sites (tertiary alicyclic amines) is 1. The number of carbonyl (C=O) groups is 2. The molecule has 2 amide bonds. The smallest absolute Gasteiger partial charge is 0.320 e. The maximum absolute atomic E-state index is 13.6. The fourth-order valence-corrected chi connectivity index (χ4v) is 7.10. The topological polar surface area (TPSA) is 85.6 Å². The van der Waals surface area contributed by atoms with Crippen molar-refractivity contribution in [1.29, 1.82) is 0 Å². The molecule has 34 heavy (non-hydrogen) atoms. The highest BCUT2D eigenvalue weighted by atomic mass is 35.5. The van der Waals surface area contributed by atoms with Crippen LogP contribution >= 0.6 is 22.9 Å². The zero-order chi connectivity index (χ0) is 24.5. The molecule has 0 bridgehead atoms. The predicted octanol–water partition coefficient (Wildman–Crippen LogP) is 4.22. The molecule has 1 saturated heterocycles. The van der Waals surface area contributed by atoms with Crippen LogP contribution in [-0.2, 0) is 26.5 Å². The maximum atomic E-state index is 13.6. The molecule has 10 heteroatoms. The normalized spacial score (nSPS) is 16.6. The number of nitrogens with zero attached hydrogens (tertiary/aromatic N) is 3. The van der Waals surface area contributed by atoms with E-state index in [0.29, 0.717) is 22.9 Å². The summed E-state index contributed by atoms with van der Waals surface area (Å²) in [5.41, 5.74) is 0. The summed E-state index contributed by atoms with van der Waals surface area (Å²) >= 11 is 7.35. The van der Waals surface area contributed by atoms with Gasteiger partial charge in [-0.05, 0) is 65.6 Å². The molecule has 0 atom stereocenters. The highest BCUT2D eigenvalue weighted by Crippen LogP contribution is 2.33. The van der Waals surface area contributed by atoms with Crippen LogP contribution in [0.15, 0.2) is 52.5 Å². The molecule has 0 aliphatic carbocycles. The van der Waals surface area contributed by atoms with Crippen LogP contribution in [0, 0.1) is 0 Å². The van der Waals surface area contributed by atoms with E-state index in [1.54, 1.807) is 48.0 Å². The molecular weight excluding hydrogens is 494 g/mol. The monoisotopic (exact) mass is 520 g/mol. The summed E-state index contributed by atoms with van der Waals surface area (Å²) in [6.45, 7) is 2.63. The van der Waals surface area contributed by atoms with Gasteiger partial charge in [0, 0.05) is 19.0 Å². The van der Waals surface area contributed by atoms with Crippen LogP contribution in [0.3, 0.4) is 0 Å². The Morgan fingerprint density at radius 1 is 1.09 bits per heavy atom. The van der Waals surface area contributed by atoms with E-state index in [2.05, 4.69) is 4.99 Å². The molecule has 0 N–H and O–H groups in total. The average molecular weight is 521 g/mol. The number of aromatic nitrogens is 1. The summed E-state index contributed by atoms with van der Waals surface area (Å²) in [5, 5.41) is 3.03. The molecule has 0 saturated carbocycles. The van der Waals surface area contributed by atoms with Crippen molar-refractivity contribution in [3.05, 3.63) is 52.4 Å². The van der Waals surface area contributed by atoms with Crippen LogP contribution in [0.1, 0.15) is 32.6 Å². The Morgan fingerprint density at radius 2 is 1.76 bits per heavy atom. The second-order valence-corrected chi connectivity index (χ2v) is 12.2. The highest BCUT2D eigenvalue weighted by molar-refractivity contribution is 7.91. The molecule has 2 heterocycles. The number of hydrogen-bond donors (Lipinski definition) is 0. The van der Waals surface area contributed by atoms with E-state index < -0.39 is 9.84 Å². The number of carbonyl (C=O) groups excluding carboxylic acids is 2. The number of hydrogen-bond acceptors (Lipinski definition) is 5. The molecule has 3 aromatic rings. The molecule has 4 rings (SSSR count). The third kappa shape index (κ3) is 5.02. The molecule has 1 aliphatic rings. The van der Waals surface area contributed by atoms with Gasteiger partial charge >= 0.3 is 5.91 Å². The van der Waals surface area contributed by atoms with E-state index in [4.69, 9.17) is 11.6 Å². The minimum absolute atomic E-state index is 0.0816. The van der Waals surface area contributed by atoms with Crippen molar-refractivity contribution in [3.8, 4) is 0 Å². The van der Waals surface area contributed by atoms with Gasteiger partial charge < -0.3 is 4.57 Å². The maximum Gasteiger partial charge on any atom is 0.320 e. The third-order valence-corrected chi connectivity index (χ3v) is 9.43. The van der Waals surface area contributed by atoms with Gasteiger partial charge in [0.05, 0.1) is 36.4 Å². The standard InChI is InChI=1S/C24H27ClN3O4S2/c1-17(29)26-24-27(2)16-23(33-24)28(11-4-3-5-12-28)22(30)10-13-34(31,32)21-9-7-18-14-20(25)8-6-19(18)15-21/h6-9,14-16H,3-5,10-13H2,1-2H3/q+1. The van der Waals surface area contributed by atoms with E-state index in [9.17, 15) is 18.0 Å². The first-order chi connectivity index (χ1) is 16.1. The highest BCUT2D eigenvalue weighted by Gasteiger charge is 2.42. The molecule has 0 spiro atoms. The Bertz CT molecular complexity index is 1430. The van der Waals surface area contributed by atoms with E-state index >= 15 is 0 Å². The second-order valence-electron chi connectivity index (χ2n) is 8.69. The second kappa shape index (κ2) is 9.73. The number of aryl methyl sites for hydroxylation is 1. The van der Waals surface area contributed by atoms with Gasteiger partial charge in [-0.25, -0.2) is 17.7 Å². The number of piperidine rings is 1. The van der Waals surface area contributed by atoms with Gasteiger partial charge in [0.15, 0.2) is 14.6 Å². The van der Waals surface area contributed by atoms with Crippen molar-refractivity contribution in [1.82, 2.24) is 9.05 Å². The summed E-state index contributed by atoms with van der Waals surface area (Å²) in [6.07, 6.45) is 4.56. The summed E-state index contributed by atoms with van der Waals surface area (Å²) in [7, 11) is -1.86. The molecule has 2 aromatic carbocycles. The SMILES string of the molecule is CC(=O)N=c1sc([N+]2(C(=O)CCS(=O)(=O)c3ccc4cc(Cl)ccc4c3)CCCCC2)cn1C. The fourth-order valence-electron chi connectivity index (χ4n) is 4.43. The zero-order valence-electron chi connectivity index (χ0n) is 19.2. The molecule has 0 unspecified atom stereocenters. The Hall–Kier alpha value is -2.33. The lowest BCUT2D eigenvalue weighted by Crippen LogP contribution is -2.57. The number of benzene rings is 2. The Kier molecular flexibility index (Phi) is 7.09. The molecule has 7 nitrogen and oxygen atoms in total. The van der Waals surface area contributed by atoms with Crippen LogP contribution in [0.4, 0.5) is 5.00 Å². The fraction of sp³-hybridized carbons (Fsp3) is 0.375. The molecule has 0 radical (unpaired) electrons. The largest absolute Gasteiger partial charge is 0.321 e. The molecular formula is C24H27ClN3O4S2+. The van der Waals surface area contributed by atoms with Gasteiger partial charge in [0.1, 0.15) is 0 Å². The minimum atomic E-state index is -3.65. The van der Waals surface area contributed by atoms with E-state index in [1.807, 2.05) is 6.20 Å².